The molecule has 1 atom stereocenters. The Morgan fingerprint density at radius 1 is 1.16 bits per heavy atom. The van der Waals surface area contributed by atoms with E-state index in [9.17, 15) is 9.59 Å². The maximum Gasteiger partial charge on any atom is 0.240 e. The van der Waals surface area contributed by atoms with Gasteiger partial charge in [0.2, 0.25) is 5.91 Å². The number of carbonyl (C=O) groups excluding carboxylic acids is 2. The second-order valence-electron chi connectivity index (χ2n) is 5.29. The standard InChI is InChI=1S/C18H14BrN3O2S/c19-14-8-6-13(7-9-14)15(23)10-16-17(24)21-18(25-16)22-20-11-12-4-2-1-3-5-12/h1-9,11,16H,10H2,(H,21,22,24)/b20-11-/t16-/m0/s1. The number of carbonyl (C=O) groups is 2. The molecule has 2 aromatic rings. The average molecular weight is 416 g/mol. The number of nitrogens with one attached hydrogen (secondary N) is 1. The number of amidine groups is 1. The fraction of sp³-hybridized carbons (Fsp3) is 0.111. The number of amides is 1. The first kappa shape index (κ1) is 17.6. The van der Waals surface area contributed by atoms with Gasteiger partial charge in [0.05, 0.1) is 11.5 Å². The molecule has 1 saturated heterocycles. The number of halogens is 1. The number of hydrogen-bond donors (Lipinski definition) is 1. The molecular weight excluding hydrogens is 402 g/mol. The average Bonchev–Trinajstić information content (AvgIpc) is 2.96. The van der Waals surface area contributed by atoms with Crippen molar-refractivity contribution in [3.8, 4) is 0 Å². The third kappa shape index (κ3) is 4.87. The van der Waals surface area contributed by atoms with Crippen LogP contribution in [0.1, 0.15) is 22.3 Å². The Bertz CT molecular complexity index is 835. The zero-order valence-corrected chi connectivity index (χ0v) is 15.5. The third-order valence-corrected chi connectivity index (χ3v) is 5.07. The molecule has 1 amide bonds. The molecule has 3 rings (SSSR count). The van der Waals surface area contributed by atoms with Crippen molar-refractivity contribution in [1.82, 2.24) is 5.32 Å². The number of rotatable bonds is 5. The van der Waals surface area contributed by atoms with Crippen molar-refractivity contribution < 1.29 is 9.59 Å². The van der Waals surface area contributed by atoms with Crippen LogP contribution in [0.5, 0.6) is 0 Å². The van der Waals surface area contributed by atoms with E-state index in [4.69, 9.17) is 0 Å². The number of benzene rings is 2. The van der Waals surface area contributed by atoms with Gasteiger partial charge in [-0.2, -0.15) is 5.10 Å². The van der Waals surface area contributed by atoms with Crippen LogP contribution in [0, 0.1) is 0 Å². The Hall–Kier alpha value is -2.25. The molecule has 126 valence electrons. The number of nitrogens with zero attached hydrogens (tertiary/aromatic N) is 2. The van der Waals surface area contributed by atoms with Crippen LogP contribution >= 0.6 is 27.7 Å². The SMILES string of the molecule is O=C(C[C@@H]1S/C(=N\N=C/c2ccccc2)NC1=O)c1ccc(Br)cc1. The minimum absolute atomic E-state index is 0.0748. The smallest absolute Gasteiger partial charge is 0.240 e. The molecule has 0 aliphatic carbocycles. The summed E-state index contributed by atoms with van der Waals surface area (Å²) in [4.78, 5) is 24.3. The van der Waals surface area contributed by atoms with Gasteiger partial charge in [-0.15, -0.1) is 5.10 Å². The molecule has 0 bridgehead atoms. The van der Waals surface area contributed by atoms with E-state index in [1.165, 1.54) is 11.8 Å². The van der Waals surface area contributed by atoms with Gasteiger partial charge in [-0.25, -0.2) is 0 Å². The highest BCUT2D eigenvalue weighted by Gasteiger charge is 2.32. The van der Waals surface area contributed by atoms with Crippen molar-refractivity contribution in [2.45, 2.75) is 11.7 Å². The molecule has 1 N–H and O–H groups in total. The molecule has 0 spiro atoms. The summed E-state index contributed by atoms with van der Waals surface area (Å²) in [5.74, 6) is -0.293. The van der Waals surface area contributed by atoms with Crippen LogP contribution in [0.2, 0.25) is 0 Å². The van der Waals surface area contributed by atoms with E-state index in [1.54, 1.807) is 30.5 Å². The van der Waals surface area contributed by atoms with Crippen LogP contribution in [0.25, 0.3) is 0 Å². The van der Waals surface area contributed by atoms with Crippen LogP contribution in [0.15, 0.2) is 69.3 Å². The Balaban J connectivity index is 1.60. The van der Waals surface area contributed by atoms with Crippen LogP contribution in [-0.4, -0.2) is 28.3 Å². The lowest BCUT2D eigenvalue weighted by Gasteiger charge is -2.04. The van der Waals surface area contributed by atoms with Crippen LogP contribution in [-0.2, 0) is 4.79 Å². The van der Waals surface area contributed by atoms with Crippen molar-refractivity contribution in [2.24, 2.45) is 10.2 Å². The fourth-order valence-corrected chi connectivity index (χ4v) is 3.38. The maximum atomic E-state index is 12.3. The largest absolute Gasteiger partial charge is 0.303 e. The lowest BCUT2D eigenvalue weighted by Crippen LogP contribution is -2.26. The maximum absolute atomic E-state index is 12.3. The Labute approximate surface area is 157 Å². The van der Waals surface area contributed by atoms with Gasteiger partial charge in [-0.1, -0.05) is 70.2 Å². The van der Waals surface area contributed by atoms with Crippen LogP contribution in [0.4, 0.5) is 0 Å². The van der Waals surface area contributed by atoms with Gasteiger partial charge in [-0.05, 0) is 17.7 Å². The van der Waals surface area contributed by atoms with Crippen molar-refractivity contribution >= 4 is 50.8 Å². The number of hydrogen-bond acceptors (Lipinski definition) is 5. The summed E-state index contributed by atoms with van der Waals surface area (Å²) in [5, 5.41) is 10.6. The molecule has 0 unspecified atom stereocenters. The van der Waals surface area contributed by atoms with E-state index in [0.717, 1.165) is 10.0 Å². The van der Waals surface area contributed by atoms with Crippen molar-refractivity contribution in [1.29, 1.82) is 0 Å². The van der Waals surface area contributed by atoms with Crippen LogP contribution < -0.4 is 5.32 Å². The Kier molecular flexibility index (Phi) is 5.78. The third-order valence-electron chi connectivity index (χ3n) is 3.47. The van der Waals surface area contributed by atoms with E-state index in [2.05, 4.69) is 31.4 Å². The van der Waals surface area contributed by atoms with E-state index < -0.39 is 5.25 Å². The summed E-state index contributed by atoms with van der Waals surface area (Å²) in [5.41, 5.74) is 1.51. The van der Waals surface area contributed by atoms with Gasteiger partial charge in [0, 0.05) is 16.5 Å². The molecule has 0 saturated carbocycles. The zero-order valence-electron chi connectivity index (χ0n) is 13.1. The zero-order chi connectivity index (χ0) is 17.6. The Morgan fingerprint density at radius 2 is 1.88 bits per heavy atom. The summed E-state index contributed by atoms with van der Waals surface area (Å²) in [6.07, 6.45) is 1.74. The quantitative estimate of drug-likeness (QED) is 0.460. The predicted octanol–water partition coefficient (Wildman–Crippen LogP) is 3.64. The van der Waals surface area contributed by atoms with E-state index in [-0.39, 0.29) is 18.1 Å². The van der Waals surface area contributed by atoms with Gasteiger partial charge in [0.25, 0.3) is 0 Å². The van der Waals surface area contributed by atoms with Crippen molar-refractivity contribution in [3.63, 3.8) is 0 Å². The van der Waals surface area contributed by atoms with Crippen molar-refractivity contribution in [2.75, 3.05) is 0 Å². The number of Topliss-reactive ketones (excluding diaryl/α,β-unsaturated/α-hetero) is 1. The van der Waals surface area contributed by atoms with Gasteiger partial charge in [0.15, 0.2) is 11.0 Å². The summed E-state index contributed by atoms with van der Waals surface area (Å²) in [7, 11) is 0. The molecule has 1 fully saturated rings. The molecule has 0 radical (unpaired) electrons. The topological polar surface area (TPSA) is 70.9 Å². The molecule has 7 heteroatoms. The van der Waals surface area contributed by atoms with Gasteiger partial charge < -0.3 is 5.32 Å². The first-order chi connectivity index (χ1) is 12.1. The highest BCUT2D eigenvalue weighted by molar-refractivity contribution is 9.10. The molecule has 5 nitrogen and oxygen atoms in total. The summed E-state index contributed by atoms with van der Waals surface area (Å²) in [6.45, 7) is 0. The second kappa shape index (κ2) is 8.22. The van der Waals surface area contributed by atoms with Gasteiger partial charge in [-0.3, -0.25) is 9.59 Å². The molecule has 0 aromatic heterocycles. The lowest BCUT2D eigenvalue weighted by atomic mass is 10.1. The molecule has 2 aromatic carbocycles. The molecule has 25 heavy (non-hydrogen) atoms. The summed E-state index contributed by atoms with van der Waals surface area (Å²) < 4.78 is 0.905. The molecule has 1 aliphatic rings. The van der Waals surface area contributed by atoms with E-state index in [0.29, 0.717) is 10.7 Å². The molecular formula is C18H14BrN3O2S. The summed E-state index contributed by atoms with van der Waals surface area (Å²) >= 11 is 4.56. The van der Waals surface area contributed by atoms with E-state index in [1.807, 2.05) is 30.3 Å². The monoisotopic (exact) mass is 415 g/mol. The lowest BCUT2D eigenvalue weighted by molar-refractivity contribution is -0.118. The summed E-state index contributed by atoms with van der Waals surface area (Å²) in [6, 6.07) is 16.6. The fourth-order valence-electron chi connectivity index (χ4n) is 2.20. The number of ketones is 1. The predicted molar refractivity (Wildman–Crippen MR) is 104 cm³/mol. The van der Waals surface area contributed by atoms with Gasteiger partial charge in [0.1, 0.15) is 0 Å². The molecule has 1 aliphatic heterocycles. The first-order valence-electron chi connectivity index (χ1n) is 7.54. The highest BCUT2D eigenvalue weighted by atomic mass is 79.9. The van der Waals surface area contributed by atoms with Gasteiger partial charge >= 0.3 is 0 Å². The molecule has 1 heterocycles. The van der Waals surface area contributed by atoms with E-state index >= 15 is 0 Å². The minimum Gasteiger partial charge on any atom is -0.303 e. The number of thioether (sulfide) groups is 1. The second-order valence-corrected chi connectivity index (χ2v) is 7.40. The normalized spacial score (nSPS) is 18.7. The minimum atomic E-state index is -0.484. The Morgan fingerprint density at radius 3 is 2.60 bits per heavy atom. The van der Waals surface area contributed by atoms with Crippen molar-refractivity contribution in [3.05, 3.63) is 70.2 Å². The highest BCUT2D eigenvalue weighted by Crippen LogP contribution is 2.24. The first-order valence-corrected chi connectivity index (χ1v) is 9.21. The van der Waals surface area contributed by atoms with Crippen LogP contribution in [0.3, 0.4) is 0 Å².